The highest BCUT2D eigenvalue weighted by Crippen LogP contribution is 2.36. The van der Waals surface area contributed by atoms with Gasteiger partial charge in [0.05, 0.1) is 6.61 Å². The first-order valence-electron chi connectivity index (χ1n) is 22.1. The topological polar surface area (TPSA) is 119 Å². The minimum Gasteiger partial charge on any atom is -0.462 e. The number of phosphoric ester groups is 1. The summed E-state index contributed by atoms with van der Waals surface area (Å²) in [6, 6.07) is 0. The van der Waals surface area contributed by atoms with E-state index in [1.54, 1.807) is 0 Å². The maximum atomic E-state index is 12.4. The molecule has 0 aliphatic heterocycles. The standard InChI is InChI=1S/C44H83O8P/c1-3-5-7-9-11-13-15-17-18-19-20-21-22-23-24-25-26-27-29-30-32-34-36-38-43(45)50-40-42(41-51-53(47,48)49)52-44(46)39-37-35-33-31-28-16-14-12-10-8-6-4-2/h12,14,30,32,42H,3-11,13,15-29,31,33-41H2,1-2H3,(H2,47,48,49)/b14-12+,32-30+/t42-/m1/s1. The second kappa shape index (κ2) is 40.2. The molecule has 0 bridgehead atoms. The number of carbonyl (C=O) groups excluding carboxylic acids is 2. The first-order valence-corrected chi connectivity index (χ1v) is 23.7. The molecule has 0 rings (SSSR count). The summed E-state index contributed by atoms with van der Waals surface area (Å²) in [5.74, 6) is -0.926. The molecule has 0 heterocycles. The highest BCUT2D eigenvalue weighted by molar-refractivity contribution is 7.46. The minimum atomic E-state index is -4.76. The van der Waals surface area contributed by atoms with Crippen LogP contribution in [-0.4, -0.2) is 41.0 Å². The van der Waals surface area contributed by atoms with Gasteiger partial charge in [0, 0.05) is 12.8 Å². The molecular formula is C44H83O8P. The van der Waals surface area contributed by atoms with E-state index < -0.39 is 32.5 Å². The van der Waals surface area contributed by atoms with Crippen LogP contribution in [0, 0.1) is 0 Å². The Hall–Kier alpha value is -1.47. The van der Waals surface area contributed by atoms with Crippen LogP contribution in [0.1, 0.15) is 226 Å². The van der Waals surface area contributed by atoms with Gasteiger partial charge in [-0.25, -0.2) is 4.57 Å². The summed E-state index contributed by atoms with van der Waals surface area (Å²) in [4.78, 5) is 42.8. The molecule has 2 N–H and O–H groups in total. The molecule has 0 spiro atoms. The maximum absolute atomic E-state index is 12.4. The van der Waals surface area contributed by atoms with Crippen molar-refractivity contribution in [2.75, 3.05) is 13.2 Å². The fourth-order valence-electron chi connectivity index (χ4n) is 6.37. The Morgan fingerprint density at radius 2 is 0.811 bits per heavy atom. The number of unbranched alkanes of at least 4 members (excludes halogenated alkanes) is 27. The third-order valence-electron chi connectivity index (χ3n) is 9.69. The predicted molar refractivity (Wildman–Crippen MR) is 221 cm³/mol. The van der Waals surface area contributed by atoms with Crippen LogP contribution < -0.4 is 0 Å². The van der Waals surface area contributed by atoms with Gasteiger partial charge < -0.3 is 19.3 Å². The fraction of sp³-hybridized carbons (Fsp3) is 0.864. The van der Waals surface area contributed by atoms with Crippen molar-refractivity contribution < 1.29 is 37.9 Å². The average Bonchev–Trinajstić information content (AvgIpc) is 3.13. The summed E-state index contributed by atoms with van der Waals surface area (Å²) in [5, 5.41) is 0. The number of hydrogen-bond acceptors (Lipinski definition) is 6. The second-order valence-electron chi connectivity index (χ2n) is 15.0. The van der Waals surface area contributed by atoms with E-state index in [0.29, 0.717) is 12.8 Å². The van der Waals surface area contributed by atoms with Crippen molar-refractivity contribution in [2.45, 2.75) is 232 Å². The van der Waals surface area contributed by atoms with Crippen molar-refractivity contribution in [3.8, 4) is 0 Å². The fourth-order valence-corrected chi connectivity index (χ4v) is 6.73. The lowest BCUT2D eigenvalue weighted by Crippen LogP contribution is -2.29. The number of rotatable bonds is 41. The molecule has 9 heteroatoms. The average molecular weight is 771 g/mol. The van der Waals surface area contributed by atoms with E-state index in [0.717, 1.165) is 51.4 Å². The quantitative estimate of drug-likeness (QED) is 0.0273. The van der Waals surface area contributed by atoms with E-state index in [1.807, 2.05) is 0 Å². The van der Waals surface area contributed by atoms with Crippen molar-refractivity contribution in [3.05, 3.63) is 24.3 Å². The van der Waals surface area contributed by atoms with E-state index in [2.05, 4.69) is 42.7 Å². The van der Waals surface area contributed by atoms with Gasteiger partial charge in [0.1, 0.15) is 6.61 Å². The number of ether oxygens (including phenoxy) is 2. The Morgan fingerprint density at radius 1 is 0.472 bits per heavy atom. The predicted octanol–water partition coefficient (Wildman–Crippen LogP) is 13.6. The lowest BCUT2D eigenvalue weighted by Gasteiger charge is -2.18. The summed E-state index contributed by atoms with van der Waals surface area (Å²) in [6.07, 6.45) is 46.4. The number of phosphoric acid groups is 1. The van der Waals surface area contributed by atoms with Gasteiger partial charge in [0.15, 0.2) is 6.10 Å². The van der Waals surface area contributed by atoms with Crippen molar-refractivity contribution in [1.29, 1.82) is 0 Å². The zero-order chi connectivity index (χ0) is 38.9. The molecule has 0 amide bonds. The van der Waals surface area contributed by atoms with Gasteiger partial charge in [-0.2, -0.15) is 0 Å². The van der Waals surface area contributed by atoms with Crippen LogP contribution >= 0.6 is 7.82 Å². The number of allylic oxidation sites excluding steroid dienone is 4. The molecule has 0 fully saturated rings. The largest absolute Gasteiger partial charge is 0.469 e. The van der Waals surface area contributed by atoms with Gasteiger partial charge in [-0.05, 0) is 57.8 Å². The summed E-state index contributed by atoms with van der Waals surface area (Å²) < 4.78 is 26.3. The lowest BCUT2D eigenvalue weighted by molar-refractivity contribution is -0.161. The number of esters is 2. The molecule has 0 aliphatic rings. The van der Waals surface area contributed by atoms with Gasteiger partial charge in [-0.1, -0.05) is 179 Å². The third-order valence-corrected chi connectivity index (χ3v) is 10.2. The number of hydrogen-bond donors (Lipinski definition) is 2. The van der Waals surface area contributed by atoms with Crippen LogP contribution in [0.2, 0.25) is 0 Å². The normalized spacial score (nSPS) is 12.6. The van der Waals surface area contributed by atoms with Gasteiger partial charge in [-0.3, -0.25) is 14.1 Å². The third kappa shape index (κ3) is 43.1. The SMILES string of the molecule is CCCCC/C=C/CCCCCCCC(=O)O[C@H](COC(=O)CCC/C=C/CCCCCCCCCCCCCCCCCCCC)COP(=O)(O)O. The van der Waals surface area contributed by atoms with Gasteiger partial charge in [0.25, 0.3) is 0 Å². The molecule has 8 nitrogen and oxygen atoms in total. The smallest absolute Gasteiger partial charge is 0.462 e. The molecule has 0 radical (unpaired) electrons. The molecule has 0 saturated heterocycles. The van der Waals surface area contributed by atoms with Crippen LogP contribution in [0.15, 0.2) is 24.3 Å². The molecule has 0 aromatic rings. The van der Waals surface area contributed by atoms with Crippen LogP contribution in [0.5, 0.6) is 0 Å². The Labute approximate surface area is 326 Å². The Bertz CT molecular complexity index is 915. The Kier molecular flexibility index (Phi) is 39.1. The summed E-state index contributed by atoms with van der Waals surface area (Å²) in [5.41, 5.74) is 0. The summed E-state index contributed by atoms with van der Waals surface area (Å²) in [6.45, 7) is 3.65. The minimum absolute atomic E-state index is 0.198. The highest BCUT2D eigenvalue weighted by atomic mass is 31.2. The van der Waals surface area contributed by atoms with Crippen molar-refractivity contribution in [3.63, 3.8) is 0 Å². The van der Waals surface area contributed by atoms with Gasteiger partial charge >= 0.3 is 19.8 Å². The van der Waals surface area contributed by atoms with Crippen LogP contribution in [-0.2, 0) is 28.2 Å². The Balaban J connectivity index is 3.83. The van der Waals surface area contributed by atoms with Crippen LogP contribution in [0.4, 0.5) is 0 Å². The van der Waals surface area contributed by atoms with Crippen LogP contribution in [0.3, 0.4) is 0 Å². The number of carbonyl (C=O) groups is 2. The maximum Gasteiger partial charge on any atom is 0.469 e. The summed E-state index contributed by atoms with van der Waals surface area (Å²) >= 11 is 0. The van der Waals surface area contributed by atoms with E-state index >= 15 is 0 Å². The van der Waals surface area contributed by atoms with E-state index in [1.165, 1.54) is 135 Å². The molecule has 0 saturated carbocycles. The van der Waals surface area contributed by atoms with E-state index in [9.17, 15) is 14.2 Å². The van der Waals surface area contributed by atoms with Gasteiger partial charge in [-0.15, -0.1) is 0 Å². The molecule has 312 valence electrons. The van der Waals surface area contributed by atoms with Crippen molar-refractivity contribution in [2.24, 2.45) is 0 Å². The van der Waals surface area contributed by atoms with Gasteiger partial charge in [0.2, 0.25) is 0 Å². The first-order chi connectivity index (χ1) is 25.8. The molecular weight excluding hydrogens is 687 g/mol. The molecule has 0 unspecified atom stereocenters. The van der Waals surface area contributed by atoms with Crippen LogP contribution in [0.25, 0.3) is 0 Å². The molecule has 0 aromatic heterocycles. The molecule has 1 atom stereocenters. The zero-order valence-electron chi connectivity index (χ0n) is 34.4. The lowest BCUT2D eigenvalue weighted by atomic mass is 10.0. The van der Waals surface area contributed by atoms with E-state index in [-0.39, 0.29) is 19.4 Å². The summed E-state index contributed by atoms with van der Waals surface area (Å²) in [7, 11) is -4.76. The first kappa shape index (κ1) is 51.5. The van der Waals surface area contributed by atoms with Crippen molar-refractivity contribution in [1.82, 2.24) is 0 Å². The van der Waals surface area contributed by atoms with E-state index in [4.69, 9.17) is 19.3 Å². The molecule has 0 aliphatic carbocycles. The monoisotopic (exact) mass is 771 g/mol. The molecule has 0 aromatic carbocycles. The Morgan fingerprint density at radius 3 is 1.25 bits per heavy atom. The highest BCUT2D eigenvalue weighted by Gasteiger charge is 2.22. The van der Waals surface area contributed by atoms with Crippen molar-refractivity contribution >= 4 is 19.8 Å². The molecule has 53 heavy (non-hydrogen) atoms. The second-order valence-corrected chi connectivity index (χ2v) is 16.3. The zero-order valence-corrected chi connectivity index (χ0v) is 35.3.